The third kappa shape index (κ3) is 4.20. The van der Waals surface area contributed by atoms with Gasteiger partial charge in [-0.15, -0.1) is 0 Å². The highest BCUT2D eigenvalue weighted by atomic mass is 35.5. The topological polar surface area (TPSA) is 55.4 Å². The summed E-state index contributed by atoms with van der Waals surface area (Å²) in [5.41, 5.74) is 2.58. The maximum absolute atomic E-state index is 12.1. The summed E-state index contributed by atoms with van der Waals surface area (Å²) >= 11 is 17.7. The fraction of sp³-hybridized carbons (Fsp3) is 0.176. The van der Waals surface area contributed by atoms with Crippen molar-refractivity contribution in [1.29, 1.82) is 0 Å². The minimum Gasteiger partial charge on any atom is -0.452 e. The van der Waals surface area contributed by atoms with E-state index < -0.39 is 18.5 Å². The molecule has 126 valence electrons. The number of halogens is 3. The molecule has 0 heterocycles. The predicted octanol–water partition coefficient (Wildman–Crippen LogP) is 5.06. The molecule has 2 aromatic carbocycles. The van der Waals surface area contributed by atoms with Gasteiger partial charge in [0, 0.05) is 5.69 Å². The lowest BCUT2D eigenvalue weighted by molar-refractivity contribution is -0.119. The summed E-state index contributed by atoms with van der Waals surface area (Å²) in [5, 5.41) is 2.96. The number of hydrogen-bond acceptors (Lipinski definition) is 3. The minimum absolute atomic E-state index is 0.0101. The van der Waals surface area contributed by atoms with Crippen molar-refractivity contribution in [2.75, 3.05) is 11.9 Å². The Labute approximate surface area is 154 Å². The lowest BCUT2D eigenvalue weighted by Crippen LogP contribution is -2.21. The average molecular weight is 387 g/mol. The Morgan fingerprint density at radius 1 is 1.04 bits per heavy atom. The number of ether oxygens (including phenoxy) is 1. The Hall–Kier alpha value is -1.75. The van der Waals surface area contributed by atoms with Gasteiger partial charge in [0.15, 0.2) is 6.61 Å². The van der Waals surface area contributed by atoms with Crippen LogP contribution < -0.4 is 5.32 Å². The molecule has 0 unspecified atom stereocenters. The van der Waals surface area contributed by atoms with Gasteiger partial charge in [0.2, 0.25) is 0 Å². The number of benzene rings is 2. The van der Waals surface area contributed by atoms with Crippen molar-refractivity contribution in [2.45, 2.75) is 13.8 Å². The Morgan fingerprint density at radius 3 is 2.42 bits per heavy atom. The molecule has 1 N–H and O–H groups in total. The standard InChI is InChI=1S/C17H14Cl3NO3/c1-9-4-3-5-13(10(9)2)21-14(22)8-24-17(23)15-11(18)6-7-12(19)16(15)20/h3-7H,8H2,1-2H3,(H,21,22). The normalized spacial score (nSPS) is 10.4. The van der Waals surface area contributed by atoms with Gasteiger partial charge in [0.1, 0.15) is 0 Å². The van der Waals surface area contributed by atoms with Gasteiger partial charge < -0.3 is 10.1 Å². The molecule has 0 bridgehead atoms. The van der Waals surface area contributed by atoms with E-state index in [4.69, 9.17) is 39.5 Å². The van der Waals surface area contributed by atoms with Crippen molar-refractivity contribution in [3.05, 3.63) is 62.1 Å². The van der Waals surface area contributed by atoms with Gasteiger partial charge in [0.25, 0.3) is 5.91 Å². The van der Waals surface area contributed by atoms with E-state index in [1.165, 1.54) is 12.1 Å². The highest BCUT2D eigenvalue weighted by molar-refractivity contribution is 6.46. The van der Waals surface area contributed by atoms with Crippen LogP contribution in [0.3, 0.4) is 0 Å². The molecule has 0 aliphatic rings. The van der Waals surface area contributed by atoms with Crippen molar-refractivity contribution < 1.29 is 14.3 Å². The number of anilines is 1. The van der Waals surface area contributed by atoms with Crippen LogP contribution in [0.2, 0.25) is 15.1 Å². The van der Waals surface area contributed by atoms with Gasteiger partial charge in [-0.05, 0) is 43.2 Å². The Kier molecular flexibility index (Phi) is 6.10. The van der Waals surface area contributed by atoms with Crippen LogP contribution in [0.1, 0.15) is 21.5 Å². The van der Waals surface area contributed by atoms with Gasteiger partial charge in [-0.3, -0.25) is 4.79 Å². The summed E-state index contributed by atoms with van der Waals surface area (Å²) in [6.07, 6.45) is 0. The smallest absolute Gasteiger partial charge is 0.341 e. The van der Waals surface area contributed by atoms with Crippen LogP contribution in [0.4, 0.5) is 5.69 Å². The van der Waals surface area contributed by atoms with E-state index >= 15 is 0 Å². The molecule has 0 saturated heterocycles. The first-order valence-corrected chi connectivity index (χ1v) is 8.11. The van der Waals surface area contributed by atoms with Crippen LogP contribution >= 0.6 is 34.8 Å². The molecule has 4 nitrogen and oxygen atoms in total. The van der Waals surface area contributed by atoms with E-state index in [9.17, 15) is 9.59 Å². The van der Waals surface area contributed by atoms with Crippen LogP contribution in [-0.4, -0.2) is 18.5 Å². The zero-order valence-electron chi connectivity index (χ0n) is 13.0. The van der Waals surface area contributed by atoms with Crippen molar-refractivity contribution >= 4 is 52.4 Å². The summed E-state index contributed by atoms with van der Waals surface area (Å²) < 4.78 is 4.97. The number of rotatable bonds is 4. The lowest BCUT2D eigenvalue weighted by atomic mass is 10.1. The fourth-order valence-electron chi connectivity index (χ4n) is 1.99. The number of carbonyl (C=O) groups is 2. The van der Waals surface area contributed by atoms with E-state index in [-0.39, 0.29) is 20.6 Å². The van der Waals surface area contributed by atoms with Crippen molar-refractivity contribution in [1.82, 2.24) is 0 Å². The highest BCUT2D eigenvalue weighted by Crippen LogP contribution is 2.31. The molecule has 0 saturated carbocycles. The zero-order chi connectivity index (χ0) is 17.9. The first-order valence-electron chi connectivity index (χ1n) is 6.98. The summed E-state index contributed by atoms with van der Waals surface area (Å²) in [7, 11) is 0. The van der Waals surface area contributed by atoms with E-state index in [2.05, 4.69) is 5.32 Å². The number of esters is 1. The quantitative estimate of drug-likeness (QED) is 0.590. The molecule has 0 atom stereocenters. The Morgan fingerprint density at radius 2 is 1.71 bits per heavy atom. The van der Waals surface area contributed by atoms with E-state index in [0.29, 0.717) is 5.69 Å². The number of aryl methyl sites for hydroxylation is 1. The molecule has 7 heteroatoms. The molecule has 1 amide bonds. The zero-order valence-corrected chi connectivity index (χ0v) is 15.2. The number of carbonyl (C=O) groups excluding carboxylic acids is 2. The second-order valence-electron chi connectivity index (χ2n) is 5.09. The van der Waals surface area contributed by atoms with E-state index in [1.807, 2.05) is 26.0 Å². The maximum atomic E-state index is 12.1. The Balaban J connectivity index is 2.03. The molecule has 0 aliphatic carbocycles. The summed E-state index contributed by atoms with van der Waals surface area (Å²) in [6.45, 7) is 3.36. The molecule has 0 aromatic heterocycles. The van der Waals surface area contributed by atoms with Crippen LogP contribution in [-0.2, 0) is 9.53 Å². The van der Waals surface area contributed by atoms with Gasteiger partial charge in [0.05, 0.1) is 20.6 Å². The van der Waals surface area contributed by atoms with Crippen molar-refractivity contribution in [3.63, 3.8) is 0 Å². The summed E-state index contributed by atoms with van der Waals surface area (Å²) in [5.74, 6) is -1.28. The largest absolute Gasteiger partial charge is 0.452 e. The molecule has 2 rings (SSSR count). The van der Waals surface area contributed by atoms with Crippen molar-refractivity contribution in [3.8, 4) is 0 Å². The fourth-order valence-corrected chi connectivity index (χ4v) is 2.67. The number of nitrogens with one attached hydrogen (secondary N) is 1. The molecular weight excluding hydrogens is 373 g/mol. The Bertz CT molecular complexity index is 806. The molecule has 0 fully saturated rings. The minimum atomic E-state index is -0.816. The molecule has 24 heavy (non-hydrogen) atoms. The predicted molar refractivity (Wildman–Crippen MR) is 96.3 cm³/mol. The highest BCUT2D eigenvalue weighted by Gasteiger charge is 2.20. The van der Waals surface area contributed by atoms with Gasteiger partial charge in [-0.2, -0.15) is 0 Å². The molecule has 2 aromatic rings. The van der Waals surface area contributed by atoms with Crippen LogP contribution in [0.25, 0.3) is 0 Å². The second-order valence-corrected chi connectivity index (χ2v) is 6.28. The summed E-state index contributed by atoms with van der Waals surface area (Å²) in [6, 6.07) is 8.44. The maximum Gasteiger partial charge on any atom is 0.341 e. The second kappa shape index (κ2) is 7.88. The lowest BCUT2D eigenvalue weighted by Gasteiger charge is -2.11. The van der Waals surface area contributed by atoms with E-state index in [0.717, 1.165) is 11.1 Å². The van der Waals surface area contributed by atoms with Crippen LogP contribution in [0.5, 0.6) is 0 Å². The molecular formula is C17H14Cl3NO3. The first-order chi connectivity index (χ1) is 11.3. The van der Waals surface area contributed by atoms with Crippen LogP contribution in [0.15, 0.2) is 30.3 Å². The molecule has 0 radical (unpaired) electrons. The third-order valence-electron chi connectivity index (χ3n) is 3.46. The van der Waals surface area contributed by atoms with Crippen LogP contribution in [0, 0.1) is 13.8 Å². The summed E-state index contributed by atoms with van der Waals surface area (Å²) in [4.78, 5) is 24.1. The first kappa shape index (κ1) is 18.6. The van der Waals surface area contributed by atoms with Gasteiger partial charge >= 0.3 is 5.97 Å². The molecule has 0 aliphatic heterocycles. The van der Waals surface area contributed by atoms with Gasteiger partial charge in [-0.25, -0.2) is 4.79 Å². The number of hydrogen-bond donors (Lipinski definition) is 1. The average Bonchev–Trinajstić information content (AvgIpc) is 2.54. The SMILES string of the molecule is Cc1cccc(NC(=O)COC(=O)c2c(Cl)ccc(Cl)c2Cl)c1C. The van der Waals surface area contributed by atoms with E-state index in [1.54, 1.807) is 6.07 Å². The molecule has 0 spiro atoms. The van der Waals surface area contributed by atoms with Crippen molar-refractivity contribution in [2.24, 2.45) is 0 Å². The van der Waals surface area contributed by atoms with Gasteiger partial charge in [-0.1, -0.05) is 46.9 Å². The number of amides is 1. The monoisotopic (exact) mass is 385 g/mol. The third-order valence-corrected chi connectivity index (χ3v) is 4.58.